The first-order valence-electron chi connectivity index (χ1n) is 15.1. The number of nitrogens with zero attached hydrogens (tertiary/aromatic N) is 4. The SMILES string of the molecule is CC1(C)c2cccc(c2S)Cc2cn(-c3ccccc3)c(n2)C(C)(C)c2cccc(c2S)Cc2cn(-c3ccccc3)c1n2. The van der Waals surface area contributed by atoms with Gasteiger partial charge in [-0.3, -0.25) is 0 Å². The minimum Gasteiger partial charge on any atom is -0.303 e. The number of para-hydroxylation sites is 2. The van der Waals surface area contributed by atoms with E-state index in [4.69, 9.17) is 35.2 Å². The summed E-state index contributed by atoms with van der Waals surface area (Å²) in [5, 5.41) is 0. The molecular weight excluding hydrogens is 577 g/mol. The number of fused-ring (bicyclic) bond motifs is 8. The molecule has 0 saturated heterocycles. The Morgan fingerprint density at radius 2 is 0.909 bits per heavy atom. The molecule has 0 atom stereocenters. The maximum Gasteiger partial charge on any atom is 0.123 e. The highest BCUT2D eigenvalue weighted by atomic mass is 32.1. The second-order valence-electron chi connectivity index (χ2n) is 12.8. The lowest BCUT2D eigenvalue weighted by Crippen LogP contribution is -2.25. The second kappa shape index (κ2) is 10.9. The van der Waals surface area contributed by atoms with E-state index in [9.17, 15) is 0 Å². The zero-order chi connectivity index (χ0) is 30.6. The predicted molar refractivity (Wildman–Crippen MR) is 184 cm³/mol. The lowest BCUT2D eigenvalue weighted by Gasteiger charge is -2.28. The third-order valence-corrected chi connectivity index (χ3v) is 10.1. The number of rotatable bonds is 2. The van der Waals surface area contributed by atoms with E-state index in [0.29, 0.717) is 12.8 Å². The van der Waals surface area contributed by atoms with Crippen molar-refractivity contribution in [3.8, 4) is 11.4 Å². The van der Waals surface area contributed by atoms with Crippen LogP contribution in [-0.2, 0) is 23.7 Å². The van der Waals surface area contributed by atoms with Crippen LogP contribution >= 0.6 is 25.3 Å². The average molecular weight is 613 g/mol. The number of aromatic nitrogens is 4. The van der Waals surface area contributed by atoms with Gasteiger partial charge in [-0.05, 0) is 74.2 Å². The largest absolute Gasteiger partial charge is 0.303 e. The summed E-state index contributed by atoms with van der Waals surface area (Å²) in [6.07, 6.45) is 5.70. The minimum atomic E-state index is -0.430. The van der Waals surface area contributed by atoms with Crippen LogP contribution in [0.1, 0.15) is 73.0 Å². The summed E-state index contributed by atoms with van der Waals surface area (Å²) in [7, 11) is 0. The van der Waals surface area contributed by atoms with Crippen LogP contribution in [0.5, 0.6) is 0 Å². The summed E-state index contributed by atoms with van der Waals surface area (Å²) < 4.78 is 4.49. The molecule has 1 aliphatic rings. The Hall–Kier alpha value is -4.00. The second-order valence-corrected chi connectivity index (χ2v) is 13.6. The molecule has 0 unspecified atom stereocenters. The van der Waals surface area contributed by atoms with Crippen molar-refractivity contribution in [2.75, 3.05) is 0 Å². The highest BCUT2D eigenvalue weighted by molar-refractivity contribution is 7.80. The summed E-state index contributed by atoms with van der Waals surface area (Å²) in [6.45, 7) is 8.98. The standard InChI is InChI=1S/C38H36N4S2/c1-37(2)31-19-11-13-25(33(31)43)21-28-24-42(30-17-9-6-10-18-30)36(40-28)38(3,4)32-20-12-14-26(34(32)44)22-27-23-41(35(37)39-27)29-15-7-5-8-16-29/h5-20,23-24,43-44H,21-22H2,1-4H3. The van der Waals surface area contributed by atoms with Crippen LogP contribution in [0.2, 0.25) is 0 Å². The quantitative estimate of drug-likeness (QED) is 0.192. The van der Waals surface area contributed by atoms with E-state index >= 15 is 0 Å². The Kier molecular flexibility index (Phi) is 7.10. The lowest BCUT2D eigenvalue weighted by molar-refractivity contribution is 0.564. The molecular formula is C38H36N4S2. The van der Waals surface area contributed by atoms with E-state index in [2.05, 4.69) is 134 Å². The van der Waals surface area contributed by atoms with Crippen LogP contribution in [0.4, 0.5) is 0 Å². The highest BCUT2D eigenvalue weighted by Crippen LogP contribution is 2.41. The Morgan fingerprint density at radius 3 is 1.30 bits per heavy atom. The van der Waals surface area contributed by atoms with Crippen LogP contribution in [0.3, 0.4) is 0 Å². The van der Waals surface area contributed by atoms with Gasteiger partial charge >= 0.3 is 0 Å². The predicted octanol–water partition coefficient (Wildman–Crippen LogP) is 8.78. The third-order valence-electron chi connectivity index (χ3n) is 9.03. The Morgan fingerprint density at radius 1 is 0.523 bits per heavy atom. The number of hydrogen-bond acceptors (Lipinski definition) is 4. The van der Waals surface area contributed by atoms with Crippen molar-refractivity contribution in [3.05, 3.63) is 155 Å². The van der Waals surface area contributed by atoms with Crippen molar-refractivity contribution >= 4 is 25.3 Å². The summed E-state index contributed by atoms with van der Waals surface area (Å²) in [6, 6.07) is 33.9. The van der Waals surface area contributed by atoms with E-state index in [-0.39, 0.29) is 0 Å². The van der Waals surface area contributed by atoms with E-state index in [1.807, 2.05) is 12.1 Å². The van der Waals surface area contributed by atoms with Gasteiger partial charge in [0.25, 0.3) is 0 Å². The van der Waals surface area contributed by atoms with Gasteiger partial charge in [-0.1, -0.05) is 72.8 Å². The molecule has 4 nitrogen and oxygen atoms in total. The highest BCUT2D eigenvalue weighted by Gasteiger charge is 2.35. The first kappa shape index (κ1) is 28.8. The summed E-state index contributed by atoms with van der Waals surface area (Å²) in [5.74, 6) is 1.96. The molecule has 220 valence electrons. The van der Waals surface area contributed by atoms with Crippen LogP contribution in [-0.4, -0.2) is 19.1 Å². The Labute approximate surface area is 270 Å². The third kappa shape index (κ3) is 4.81. The molecule has 1 aliphatic heterocycles. The van der Waals surface area contributed by atoms with Gasteiger partial charge in [-0.2, -0.15) is 0 Å². The van der Waals surface area contributed by atoms with Crippen LogP contribution < -0.4 is 0 Å². The van der Waals surface area contributed by atoms with E-state index in [0.717, 1.165) is 66.5 Å². The van der Waals surface area contributed by atoms with Gasteiger partial charge in [0.2, 0.25) is 0 Å². The molecule has 0 fully saturated rings. The van der Waals surface area contributed by atoms with Gasteiger partial charge in [0.1, 0.15) is 11.6 Å². The first-order valence-corrected chi connectivity index (χ1v) is 15.9. The monoisotopic (exact) mass is 612 g/mol. The molecule has 0 N–H and O–H groups in total. The van der Waals surface area contributed by atoms with Crippen molar-refractivity contribution in [2.45, 2.75) is 61.2 Å². The maximum atomic E-state index is 5.34. The van der Waals surface area contributed by atoms with Crippen LogP contribution in [0.25, 0.3) is 11.4 Å². The van der Waals surface area contributed by atoms with Gasteiger partial charge < -0.3 is 9.13 Å². The molecule has 6 heteroatoms. The van der Waals surface area contributed by atoms with Crippen molar-refractivity contribution in [2.24, 2.45) is 0 Å². The molecule has 44 heavy (non-hydrogen) atoms. The first-order chi connectivity index (χ1) is 21.1. The maximum absolute atomic E-state index is 5.34. The van der Waals surface area contributed by atoms with Gasteiger partial charge in [-0.15, -0.1) is 25.3 Å². The minimum absolute atomic E-state index is 0.430. The summed E-state index contributed by atoms with van der Waals surface area (Å²) >= 11 is 10.4. The molecule has 0 aliphatic carbocycles. The molecule has 0 amide bonds. The molecule has 7 rings (SSSR count). The van der Waals surface area contributed by atoms with Crippen LogP contribution in [0.15, 0.2) is 119 Å². The van der Waals surface area contributed by atoms with Gasteiger partial charge in [-0.25, -0.2) is 9.97 Å². The zero-order valence-corrected chi connectivity index (χ0v) is 27.3. The van der Waals surface area contributed by atoms with Crippen molar-refractivity contribution in [1.82, 2.24) is 19.1 Å². The summed E-state index contributed by atoms with van der Waals surface area (Å²) in [5.41, 5.74) is 7.87. The molecule has 2 aromatic heterocycles. The van der Waals surface area contributed by atoms with Gasteiger partial charge in [0, 0.05) is 57.2 Å². The molecule has 6 aromatic rings. The van der Waals surface area contributed by atoms with Crippen molar-refractivity contribution in [1.29, 1.82) is 0 Å². The van der Waals surface area contributed by atoms with E-state index in [1.165, 1.54) is 0 Å². The molecule has 0 radical (unpaired) electrons. The van der Waals surface area contributed by atoms with Crippen LogP contribution in [0, 0.1) is 0 Å². The Bertz CT molecular complexity index is 1840. The number of benzene rings is 4. The lowest BCUT2D eigenvalue weighted by atomic mass is 9.82. The topological polar surface area (TPSA) is 35.6 Å². The molecule has 0 spiro atoms. The fraction of sp³-hybridized carbons (Fsp3) is 0.211. The molecule has 8 bridgehead atoms. The number of hydrogen-bond donors (Lipinski definition) is 2. The molecule has 0 saturated carbocycles. The molecule has 4 aromatic carbocycles. The fourth-order valence-corrected chi connectivity index (χ4v) is 7.60. The number of thiol groups is 2. The Balaban J connectivity index is 1.50. The average Bonchev–Trinajstić information content (AvgIpc) is 3.65. The van der Waals surface area contributed by atoms with Crippen molar-refractivity contribution < 1.29 is 0 Å². The molecule has 3 heterocycles. The van der Waals surface area contributed by atoms with E-state index in [1.54, 1.807) is 0 Å². The zero-order valence-electron chi connectivity index (χ0n) is 25.5. The van der Waals surface area contributed by atoms with Gasteiger partial charge in [0.15, 0.2) is 0 Å². The van der Waals surface area contributed by atoms with Gasteiger partial charge in [0.05, 0.1) is 11.4 Å². The fourth-order valence-electron chi connectivity index (χ4n) is 6.59. The normalized spacial score (nSPS) is 15.2. The van der Waals surface area contributed by atoms with Crippen molar-refractivity contribution in [3.63, 3.8) is 0 Å². The number of imidazole rings is 2. The van der Waals surface area contributed by atoms with E-state index < -0.39 is 10.8 Å². The summed E-state index contributed by atoms with van der Waals surface area (Å²) in [4.78, 5) is 12.6. The smallest absolute Gasteiger partial charge is 0.123 e.